The molecule has 0 spiro atoms. The van der Waals surface area contributed by atoms with Crippen LogP contribution in [-0.2, 0) is 36.7 Å². The number of amides is 2. The minimum Gasteiger partial charge on any atom is -0.469 e. The molecule has 9 nitrogen and oxygen atoms in total. The van der Waals surface area contributed by atoms with Crippen molar-refractivity contribution in [2.75, 3.05) is 7.11 Å². The van der Waals surface area contributed by atoms with Crippen molar-refractivity contribution in [3.8, 4) is 0 Å². The lowest BCUT2D eigenvalue weighted by atomic mass is 9.96. The van der Waals surface area contributed by atoms with Crippen LogP contribution in [0.5, 0.6) is 0 Å². The van der Waals surface area contributed by atoms with Crippen LogP contribution >= 0.6 is 11.3 Å². The monoisotopic (exact) mass is 625 g/mol. The van der Waals surface area contributed by atoms with E-state index in [1.165, 1.54) is 37.5 Å². The van der Waals surface area contributed by atoms with Gasteiger partial charge in [-0.3, -0.25) is 19.2 Å². The van der Waals surface area contributed by atoms with Crippen molar-refractivity contribution >= 4 is 35.1 Å². The minimum absolute atomic E-state index is 0.0106. The number of carbonyl (C=O) groups is 4. The lowest BCUT2D eigenvalue weighted by molar-refractivity contribution is -0.147. The first-order valence-electron chi connectivity index (χ1n) is 14.5. The number of esters is 2. The smallest absolute Gasteiger partial charge is 0.308 e. The van der Waals surface area contributed by atoms with E-state index in [0.29, 0.717) is 23.4 Å². The molecule has 3 rings (SSSR count). The van der Waals surface area contributed by atoms with E-state index in [4.69, 9.17) is 9.47 Å². The fraction of sp³-hybridized carbons (Fsp3) is 0.424. The number of ether oxygens (including phenoxy) is 2. The average molecular weight is 626 g/mol. The van der Waals surface area contributed by atoms with Crippen molar-refractivity contribution in [2.24, 2.45) is 11.8 Å². The Morgan fingerprint density at radius 1 is 0.932 bits per heavy atom. The SMILES string of the molecule is COC(=O)C(C)CC(Cc1ccccc1)NC(=O)c1csc(C(CC(NC(=O)Cc2ccc(F)cc2)C(C)C)OC(C)=O)n1. The summed E-state index contributed by atoms with van der Waals surface area (Å²) < 4.78 is 23.7. The Bertz CT molecular complexity index is 1400. The third-order valence-corrected chi connectivity index (χ3v) is 8.07. The number of methoxy groups -OCH3 is 1. The topological polar surface area (TPSA) is 124 Å². The van der Waals surface area contributed by atoms with Gasteiger partial charge in [-0.25, -0.2) is 9.37 Å². The molecule has 0 fully saturated rings. The summed E-state index contributed by atoms with van der Waals surface area (Å²) in [6.45, 7) is 6.93. The molecule has 0 saturated heterocycles. The van der Waals surface area contributed by atoms with Gasteiger partial charge >= 0.3 is 11.9 Å². The molecule has 1 heterocycles. The fourth-order valence-corrected chi connectivity index (χ4v) is 5.63. The van der Waals surface area contributed by atoms with Gasteiger partial charge in [-0.2, -0.15) is 0 Å². The van der Waals surface area contributed by atoms with E-state index < -0.39 is 23.9 Å². The molecule has 1 aromatic heterocycles. The van der Waals surface area contributed by atoms with Crippen molar-refractivity contribution in [3.63, 3.8) is 0 Å². The van der Waals surface area contributed by atoms with E-state index in [9.17, 15) is 23.6 Å². The van der Waals surface area contributed by atoms with Gasteiger partial charge in [-0.05, 0) is 42.0 Å². The number of benzene rings is 2. The summed E-state index contributed by atoms with van der Waals surface area (Å²) in [4.78, 5) is 54.8. The molecule has 2 N–H and O–H groups in total. The van der Waals surface area contributed by atoms with Crippen molar-refractivity contribution in [1.82, 2.24) is 15.6 Å². The first-order valence-corrected chi connectivity index (χ1v) is 15.4. The summed E-state index contributed by atoms with van der Waals surface area (Å²) in [7, 11) is 1.33. The highest BCUT2D eigenvalue weighted by Gasteiger charge is 2.28. The summed E-state index contributed by atoms with van der Waals surface area (Å²) in [5, 5.41) is 8.03. The predicted octanol–water partition coefficient (Wildman–Crippen LogP) is 5.20. The second kappa shape index (κ2) is 16.7. The highest BCUT2D eigenvalue weighted by atomic mass is 32.1. The summed E-state index contributed by atoms with van der Waals surface area (Å²) >= 11 is 1.19. The van der Waals surface area contributed by atoms with Crippen LogP contribution in [0.4, 0.5) is 4.39 Å². The van der Waals surface area contributed by atoms with Crippen molar-refractivity contribution < 1.29 is 33.0 Å². The number of rotatable bonds is 15. The van der Waals surface area contributed by atoms with Gasteiger partial charge in [0.15, 0.2) is 6.10 Å². The third-order valence-electron chi connectivity index (χ3n) is 7.14. The van der Waals surface area contributed by atoms with Crippen LogP contribution < -0.4 is 10.6 Å². The Kier molecular flexibility index (Phi) is 13.0. The molecule has 2 amide bonds. The number of hydrogen-bond acceptors (Lipinski definition) is 8. The highest BCUT2D eigenvalue weighted by molar-refractivity contribution is 7.09. The van der Waals surface area contributed by atoms with Crippen LogP contribution in [0.15, 0.2) is 60.0 Å². The zero-order chi connectivity index (χ0) is 32.2. The largest absolute Gasteiger partial charge is 0.469 e. The standard InChI is InChI=1S/C33H40FN3O6S/c1-20(2)27(36-30(39)17-24-11-13-25(34)14-12-24)18-29(43-22(4)38)32-37-28(19-44-32)31(40)35-26(15-21(3)33(41)42-5)16-23-9-7-6-8-10-23/h6-14,19-21,26-27,29H,15-18H2,1-5H3,(H,35,40)(H,36,39). The van der Waals surface area contributed by atoms with Gasteiger partial charge in [0.2, 0.25) is 5.91 Å². The predicted molar refractivity (Wildman–Crippen MR) is 165 cm³/mol. The molecule has 11 heteroatoms. The number of nitrogens with one attached hydrogen (secondary N) is 2. The lowest BCUT2D eigenvalue weighted by Crippen LogP contribution is -2.41. The van der Waals surface area contributed by atoms with Crippen LogP contribution in [0.3, 0.4) is 0 Å². The van der Waals surface area contributed by atoms with Gasteiger partial charge in [0.25, 0.3) is 5.91 Å². The van der Waals surface area contributed by atoms with E-state index >= 15 is 0 Å². The normalized spacial score (nSPS) is 13.8. The Hall–Kier alpha value is -4.12. The molecule has 4 atom stereocenters. The van der Waals surface area contributed by atoms with Gasteiger partial charge in [-0.15, -0.1) is 11.3 Å². The van der Waals surface area contributed by atoms with Gasteiger partial charge in [0.05, 0.1) is 19.4 Å². The molecule has 44 heavy (non-hydrogen) atoms. The molecule has 236 valence electrons. The van der Waals surface area contributed by atoms with Gasteiger partial charge in [0.1, 0.15) is 16.5 Å². The van der Waals surface area contributed by atoms with Crippen LogP contribution in [0, 0.1) is 17.7 Å². The molecule has 0 aliphatic heterocycles. The molecule has 3 aromatic rings. The lowest BCUT2D eigenvalue weighted by Gasteiger charge is -2.26. The zero-order valence-corrected chi connectivity index (χ0v) is 26.5. The summed E-state index contributed by atoms with van der Waals surface area (Å²) in [5.41, 5.74) is 1.84. The quantitative estimate of drug-likeness (QED) is 0.223. The highest BCUT2D eigenvalue weighted by Crippen LogP contribution is 2.29. The molecular weight excluding hydrogens is 585 g/mol. The van der Waals surface area contributed by atoms with Gasteiger partial charge < -0.3 is 20.1 Å². The third kappa shape index (κ3) is 10.9. The second-order valence-corrected chi connectivity index (χ2v) is 12.0. The molecular formula is C33H40FN3O6S. The van der Waals surface area contributed by atoms with Crippen LogP contribution in [-0.4, -0.2) is 47.9 Å². The summed E-state index contributed by atoms with van der Waals surface area (Å²) in [6.07, 6.45) is 0.399. The van der Waals surface area contributed by atoms with E-state index in [0.717, 1.165) is 5.56 Å². The van der Waals surface area contributed by atoms with Crippen LogP contribution in [0.1, 0.15) is 73.3 Å². The Morgan fingerprint density at radius 2 is 1.61 bits per heavy atom. The number of nitrogens with zero attached hydrogens (tertiary/aromatic N) is 1. The van der Waals surface area contributed by atoms with E-state index in [1.54, 1.807) is 24.4 Å². The van der Waals surface area contributed by atoms with Gasteiger partial charge in [0, 0.05) is 30.8 Å². The first-order chi connectivity index (χ1) is 20.9. The maximum absolute atomic E-state index is 13.3. The number of aromatic nitrogens is 1. The van der Waals surface area contributed by atoms with E-state index in [-0.39, 0.29) is 54.2 Å². The van der Waals surface area contributed by atoms with E-state index in [1.807, 2.05) is 44.2 Å². The number of hydrogen-bond donors (Lipinski definition) is 2. The molecule has 0 radical (unpaired) electrons. The number of thiazole rings is 1. The summed E-state index contributed by atoms with van der Waals surface area (Å²) in [5.74, 6) is -2.36. The first kappa shape index (κ1) is 34.4. The van der Waals surface area contributed by atoms with Crippen molar-refractivity contribution in [2.45, 2.75) is 71.6 Å². The van der Waals surface area contributed by atoms with Gasteiger partial charge in [-0.1, -0.05) is 63.2 Å². The Morgan fingerprint density at radius 3 is 2.23 bits per heavy atom. The van der Waals surface area contributed by atoms with Crippen LogP contribution in [0.25, 0.3) is 0 Å². The second-order valence-electron chi connectivity index (χ2n) is 11.1. The molecule has 4 unspecified atom stereocenters. The Balaban J connectivity index is 1.73. The maximum atomic E-state index is 13.3. The molecule has 0 aliphatic carbocycles. The molecule has 0 saturated carbocycles. The van der Waals surface area contributed by atoms with E-state index in [2.05, 4.69) is 15.6 Å². The molecule has 0 bridgehead atoms. The fourth-order valence-electron chi connectivity index (χ4n) is 4.79. The summed E-state index contributed by atoms with van der Waals surface area (Å²) in [6, 6.07) is 14.6. The zero-order valence-electron chi connectivity index (χ0n) is 25.7. The van der Waals surface area contributed by atoms with Crippen LogP contribution in [0.2, 0.25) is 0 Å². The van der Waals surface area contributed by atoms with Crippen molar-refractivity contribution in [1.29, 1.82) is 0 Å². The Labute approximate surface area is 261 Å². The molecule has 2 aromatic carbocycles. The van der Waals surface area contributed by atoms with Crippen molar-refractivity contribution in [3.05, 3.63) is 87.6 Å². The number of halogens is 1. The molecule has 0 aliphatic rings. The number of carbonyl (C=O) groups excluding carboxylic acids is 4. The maximum Gasteiger partial charge on any atom is 0.308 e. The minimum atomic E-state index is -0.794. The average Bonchev–Trinajstić information content (AvgIpc) is 3.48.